The fourth-order valence-electron chi connectivity index (χ4n) is 1.68. The molecule has 4 nitrogen and oxygen atoms in total. The third-order valence-electron chi connectivity index (χ3n) is 1.98. The first-order valence-corrected chi connectivity index (χ1v) is 5.11. The van der Waals surface area contributed by atoms with Crippen LogP contribution in [0.5, 0.6) is 0 Å². The number of rotatable bonds is 4. The number of nitrogens with one attached hydrogen (secondary N) is 1. The quantitative estimate of drug-likeness (QED) is 0.815. The van der Waals surface area contributed by atoms with Gasteiger partial charge in [0.1, 0.15) is 5.82 Å². The van der Waals surface area contributed by atoms with Gasteiger partial charge in [-0.25, -0.2) is 9.97 Å². The van der Waals surface area contributed by atoms with Crippen LogP contribution in [0.1, 0.15) is 19.7 Å². The van der Waals surface area contributed by atoms with Crippen LogP contribution in [0.4, 0.5) is 5.69 Å². The van der Waals surface area contributed by atoms with Crippen molar-refractivity contribution in [1.82, 2.24) is 14.9 Å². The van der Waals surface area contributed by atoms with E-state index in [9.17, 15) is 0 Å². The summed E-state index contributed by atoms with van der Waals surface area (Å²) in [4.78, 5) is 10.5. The molecule has 0 saturated carbocycles. The summed E-state index contributed by atoms with van der Waals surface area (Å²) < 4.78 is 0. The van der Waals surface area contributed by atoms with E-state index in [-0.39, 0.29) is 5.54 Å². The van der Waals surface area contributed by atoms with E-state index in [4.69, 9.17) is 0 Å². The Balaban J connectivity index is 2.64. The number of anilines is 1. The van der Waals surface area contributed by atoms with Gasteiger partial charge in [-0.3, -0.25) is 0 Å². The molecule has 0 bridgehead atoms. The smallest absolute Gasteiger partial charge is 0.125 e. The van der Waals surface area contributed by atoms with Gasteiger partial charge in [-0.2, -0.15) is 0 Å². The molecule has 1 rings (SSSR count). The number of aromatic nitrogens is 2. The normalized spacial score (nSPS) is 11.9. The molecule has 15 heavy (non-hydrogen) atoms. The lowest BCUT2D eigenvalue weighted by Crippen LogP contribution is -2.41. The van der Waals surface area contributed by atoms with Crippen LogP contribution in [-0.4, -0.2) is 41.0 Å². The minimum absolute atomic E-state index is 0.0160. The van der Waals surface area contributed by atoms with Gasteiger partial charge < -0.3 is 10.2 Å². The van der Waals surface area contributed by atoms with E-state index >= 15 is 0 Å². The van der Waals surface area contributed by atoms with Crippen molar-refractivity contribution in [3.63, 3.8) is 0 Å². The number of nitrogens with zero attached hydrogens (tertiary/aromatic N) is 3. The zero-order chi connectivity index (χ0) is 11.5. The Morgan fingerprint density at radius 3 is 2.27 bits per heavy atom. The highest BCUT2D eigenvalue weighted by molar-refractivity contribution is 5.40. The van der Waals surface area contributed by atoms with Crippen molar-refractivity contribution < 1.29 is 0 Å². The molecule has 0 unspecified atom stereocenters. The van der Waals surface area contributed by atoms with E-state index in [2.05, 4.69) is 48.1 Å². The van der Waals surface area contributed by atoms with Crippen LogP contribution >= 0.6 is 0 Å². The topological polar surface area (TPSA) is 41.1 Å². The minimum atomic E-state index is 0.0160. The molecule has 4 heteroatoms. The summed E-state index contributed by atoms with van der Waals surface area (Å²) in [7, 11) is 4.13. The van der Waals surface area contributed by atoms with Crippen molar-refractivity contribution in [1.29, 1.82) is 0 Å². The molecule has 1 aromatic heterocycles. The predicted molar refractivity (Wildman–Crippen MR) is 63.0 cm³/mol. The third kappa shape index (κ3) is 4.25. The van der Waals surface area contributed by atoms with Gasteiger partial charge in [0.25, 0.3) is 0 Å². The second-order valence-electron chi connectivity index (χ2n) is 4.77. The second-order valence-corrected chi connectivity index (χ2v) is 4.77. The SMILES string of the molecule is Cc1ncc(NC(C)(C)CN(C)C)cn1. The maximum atomic E-state index is 4.16. The van der Waals surface area contributed by atoms with Crippen LogP contribution in [0.3, 0.4) is 0 Å². The third-order valence-corrected chi connectivity index (χ3v) is 1.98. The van der Waals surface area contributed by atoms with Crippen LogP contribution in [0.15, 0.2) is 12.4 Å². The molecular weight excluding hydrogens is 188 g/mol. The first kappa shape index (κ1) is 11.9. The van der Waals surface area contributed by atoms with Gasteiger partial charge in [0, 0.05) is 12.1 Å². The van der Waals surface area contributed by atoms with Crippen LogP contribution in [-0.2, 0) is 0 Å². The van der Waals surface area contributed by atoms with Gasteiger partial charge in [-0.1, -0.05) is 0 Å². The molecule has 1 N–H and O–H groups in total. The Bertz CT molecular complexity index is 303. The molecule has 0 aliphatic carbocycles. The first-order valence-electron chi connectivity index (χ1n) is 5.11. The molecule has 0 radical (unpaired) electrons. The summed E-state index contributed by atoms with van der Waals surface area (Å²) >= 11 is 0. The van der Waals surface area contributed by atoms with Crippen molar-refractivity contribution in [2.45, 2.75) is 26.3 Å². The number of likely N-dealkylation sites (N-methyl/N-ethyl adjacent to an activating group) is 1. The van der Waals surface area contributed by atoms with Crippen LogP contribution in [0.2, 0.25) is 0 Å². The van der Waals surface area contributed by atoms with Crippen molar-refractivity contribution in [2.75, 3.05) is 26.0 Å². The van der Waals surface area contributed by atoms with Crippen molar-refractivity contribution in [3.8, 4) is 0 Å². The van der Waals surface area contributed by atoms with Gasteiger partial charge in [0.2, 0.25) is 0 Å². The van der Waals surface area contributed by atoms with Crippen molar-refractivity contribution in [2.24, 2.45) is 0 Å². The Labute approximate surface area is 91.7 Å². The average Bonchev–Trinajstić information content (AvgIpc) is 2.06. The van der Waals surface area contributed by atoms with Crippen LogP contribution in [0.25, 0.3) is 0 Å². The summed E-state index contributed by atoms with van der Waals surface area (Å²) in [5, 5.41) is 3.41. The van der Waals surface area contributed by atoms with Crippen molar-refractivity contribution >= 4 is 5.69 Å². The highest BCUT2D eigenvalue weighted by Gasteiger charge is 2.18. The van der Waals surface area contributed by atoms with E-state index in [1.807, 2.05) is 19.3 Å². The fourth-order valence-corrected chi connectivity index (χ4v) is 1.68. The number of aryl methyl sites for hydroxylation is 1. The fraction of sp³-hybridized carbons (Fsp3) is 0.636. The van der Waals surface area contributed by atoms with Crippen LogP contribution < -0.4 is 5.32 Å². The zero-order valence-corrected chi connectivity index (χ0v) is 10.2. The lowest BCUT2D eigenvalue weighted by molar-refractivity contribution is 0.334. The second kappa shape index (κ2) is 4.57. The Kier molecular flexibility index (Phi) is 3.63. The van der Waals surface area contributed by atoms with Gasteiger partial charge in [0.05, 0.1) is 18.1 Å². The molecule has 0 aliphatic heterocycles. The number of hydrogen-bond acceptors (Lipinski definition) is 4. The largest absolute Gasteiger partial charge is 0.376 e. The van der Waals surface area contributed by atoms with E-state index in [1.54, 1.807) is 0 Å². The molecule has 0 fully saturated rings. The van der Waals surface area contributed by atoms with E-state index in [0.29, 0.717) is 0 Å². The summed E-state index contributed by atoms with van der Waals surface area (Å²) in [6.45, 7) is 7.16. The van der Waals surface area contributed by atoms with Gasteiger partial charge in [0.15, 0.2) is 0 Å². The molecule has 0 atom stereocenters. The molecule has 0 saturated heterocycles. The molecule has 84 valence electrons. The molecule has 1 heterocycles. The maximum absolute atomic E-state index is 4.16. The molecule has 0 aliphatic rings. The monoisotopic (exact) mass is 208 g/mol. The highest BCUT2D eigenvalue weighted by atomic mass is 15.1. The van der Waals surface area contributed by atoms with Crippen LogP contribution in [0, 0.1) is 6.92 Å². The summed E-state index contributed by atoms with van der Waals surface area (Å²) in [5.41, 5.74) is 0.981. The first-order chi connectivity index (χ1) is 6.89. The molecule has 1 aromatic rings. The number of hydrogen-bond donors (Lipinski definition) is 1. The van der Waals surface area contributed by atoms with E-state index in [1.165, 1.54) is 0 Å². The van der Waals surface area contributed by atoms with Crippen molar-refractivity contribution in [3.05, 3.63) is 18.2 Å². The highest BCUT2D eigenvalue weighted by Crippen LogP contribution is 2.13. The predicted octanol–water partition coefficient (Wildman–Crippen LogP) is 1.54. The van der Waals surface area contributed by atoms with Gasteiger partial charge in [-0.15, -0.1) is 0 Å². The molecular formula is C11H20N4. The van der Waals surface area contributed by atoms with Gasteiger partial charge >= 0.3 is 0 Å². The average molecular weight is 208 g/mol. The van der Waals surface area contributed by atoms with E-state index < -0.39 is 0 Å². The Morgan fingerprint density at radius 1 is 1.27 bits per heavy atom. The van der Waals surface area contributed by atoms with E-state index in [0.717, 1.165) is 18.1 Å². The lowest BCUT2D eigenvalue weighted by Gasteiger charge is -2.30. The molecule has 0 aromatic carbocycles. The summed E-state index contributed by atoms with van der Waals surface area (Å²) in [6, 6.07) is 0. The lowest BCUT2D eigenvalue weighted by atomic mass is 10.1. The zero-order valence-electron chi connectivity index (χ0n) is 10.2. The maximum Gasteiger partial charge on any atom is 0.125 e. The standard InChI is InChI=1S/C11H20N4/c1-9-12-6-10(7-13-9)14-11(2,3)8-15(4)5/h6-7,14H,8H2,1-5H3. The molecule has 0 amide bonds. The summed E-state index contributed by atoms with van der Waals surface area (Å²) in [6.07, 6.45) is 3.64. The summed E-state index contributed by atoms with van der Waals surface area (Å²) in [5.74, 6) is 0.797. The minimum Gasteiger partial charge on any atom is -0.376 e. The molecule has 0 spiro atoms. The Morgan fingerprint density at radius 2 is 1.80 bits per heavy atom. The van der Waals surface area contributed by atoms with Gasteiger partial charge in [-0.05, 0) is 34.9 Å². The Hall–Kier alpha value is -1.16.